The van der Waals surface area contributed by atoms with E-state index < -0.39 is 0 Å². The first kappa shape index (κ1) is 12.4. The van der Waals surface area contributed by atoms with Crippen molar-refractivity contribution in [2.75, 3.05) is 0 Å². The minimum atomic E-state index is 0.243. The lowest BCUT2D eigenvalue weighted by atomic mass is 9.78. The van der Waals surface area contributed by atoms with Crippen molar-refractivity contribution in [1.82, 2.24) is 5.32 Å². The Kier molecular flexibility index (Phi) is 3.72. The van der Waals surface area contributed by atoms with Crippen molar-refractivity contribution < 1.29 is 4.74 Å². The second kappa shape index (κ2) is 5.09. The van der Waals surface area contributed by atoms with E-state index in [4.69, 9.17) is 4.74 Å². The molecule has 1 aromatic carbocycles. The monoisotopic (exact) mass is 233 g/mol. The van der Waals surface area contributed by atoms with E-state index in [-0.39, 0.29) is 6.10 Å². The number of ether oxygens (including phenoxy) is 1. The average molecular weight is 233 g/mol. The molecule has 0 saturated heterocycles. The Balaban J connectivity index is 1.85. The third-order valence-electron chi connectivity index (χ3n) is 3.47. The van der Waals surface area contributed by atoms with E-state index >= 15 is 0 Å². The van der Waals surface area contributed by atoms with E-state index in [9.17, 15) is 0 Å². The van der Waals surface area contributed by atoms with Crippen LogP contribution in [-0.2, 0) is 6.54 Å². The molecule has 1 N–H and O–H groups in total. The summed E-state index contributed by atoms with van der Waals surface area (Å²) >= 11 is 0. The van der Waals surface area contributed by atoms with Crippen LogP contribution in [0.3, 0.4) is 0 Å². The first-order valence-electron chi connectivity index (χ1n) is 6.58. The molecule has 1 aliphatic carbocycles. The van der Waals surface area contributed by atoms with Crippen molar-refractivity contribution in [1.29, 1.82) is 0 Å². The largest absolute Gasteiger partial charge is 0.491 e. The van der Waals surface area contributed by atoms with E-state index in [2.05, 4.69) is 36.5 Å². The summed E-state index contributed by atoms with van der Waals surface area (Å²) in [6.07, 6.45) is 4.22. The third kappa shape index (κ3) is 3.47. The van der Waals surface area contributed by atoms with Crippen LogP contribution in [0.15, 0.2) is 24.3 Å². The van der Waals surface area contributed by atoms with Gasteiger partial charge in [-0.3, -0.25) is 0 Å². The van der Waals surface area contributed by atoms with Crippen molar-refractivity contribution in [2.24, 2.45) is 0 Å². The Labute approximate surface area is 104 Å². The molecule has 0 spiro atoms. The summed E-state index contributed by atoms with van der Waals surface area (Å²) in [6, 6.07) is 8.40. The molecule has 2 nitrogen and oxygen atoms in total. The molecule has 2 heteroatoms. The maximum atomic E-state index is 5.63. The summed E-state index contributed by atoms with van der Waals surface area (Å²) in [7, 11) is 0. The highest BCUT2D eigenvalue weighted by Gasteiger charge is 2.30. The number of hydrogen-bond donors (Lipinski definition) is 1. The van der Waals surface area contributed by atoms with Crippen LogP contribution < -0.4 is 10.1 Å². The molecular formula is C15H23NO. The Bertz CT molecular complexity index is 352. The first-order valence-corrected chi connectivity index (χ1v) is 6.58. The quantitative estimate of drug-likeness (QED) is 0.840. The normalized spacial score (nSPS) is 17.9. The lowest BCUT2D eigenvalue weighted by Gasteiger charge is -2.39. The Morgan fingerprint density at radius 3 is 2.35 bits per heavy atom. The maximum absolute atomic E-state index is 5.63. The number of nitrogens with one attached hydrogen (secondary N) is 1. The number of hydrogen-bond acceptors (Lipinski definition) is 2. The van der Waals surface area contributed by atoms with Crippen LogP contribution in [-0.4, -0.2) is 11.6 Å². The molecule has 1 fully saturated rings. The predicted molar refractivity (Wildman–Crippen MR) is 71.3 cm³/mol. The van der Waals surface area contributed by atoms with Gasteiger partial charge >= 0.3 is 0 Å². The highest BCUT2D eigenvalue weighted by atomic mass is 16.5. The number of rotatable bonds is 5. The summed E-state index contributed by atoms with van der Waals surface area (Å²) in [5.74, 6) is 0.957. The van der Waals surface area contributed by atoms with Crippen molar-refractivity contribution in [2.45, 2.75) is 58.2 Å². The second-order valence-electron chi connectivity index (χ2n) is 5.58. The smallest absolute Gasteiger partial charge is 0.119 e. The molecule has 1 aliphatic rings. The summed E-state index contributed by atoms with van der Waals surface area (Å²) in [5.41, 5.74) is 1.71. The molecule has 17 heavy (non-hydrogen) atoms. The van der Waals surface area contributed by atoms with Crippen LogP contribution in [0.4, 0.5) is 0 Å². The standard InChI is InChI=1S/C15H23NO/c1-12(2)17-14-7-5-13(6-8-14)11-16-15(3)9-4-10-15/h5-8,12,16H,4,9-11H2,1-3H3. The minimum Gasteiger partial charge on any atom is -0.491 e. The summed E-state index contributed by atoms with van der Waals surface area (Å²) in [5, 5.41) is 3.63. The lowest BCUT2D eigenvalue weighted by Crippen LogP contribution is -2.47. The molecule has 1 aromatic rings. The molecule has 0 atom stereocenters. The van der Waals surface area contributed by atoms with Crippen LogP contribution in [0.2, 0.25) is 0 Å². The molecule has 0 bridgehead atoms. The molecule has 0 radical (unpaired) electrons. The van der Waals surface area contributed by atoms with Gasteiger partial charge in [-0.2, -0.15) is 0 Å². The van der Waals surface area contributed by atoms with Gasteiger partial charge in [0.05, 0.1) is 6.10 Å². The van der Waals surface area contributed by atoms with Gasteiger partial charge in [0, 0.05) is 12.1 Å². The van der Waals surface area contributed by atoms with Gasteiger partial charge in [-0.1, -0.05) is 12.1 Å². The molecule has 0 heterocycles. The van der Waals surface area contributed by atoms with Crippen molar-refractivity contribution >= 4 is 0 Å². The molecule has 0 aromatic heterocycles. The first-order chi connectivity index (χ1) is 8.07. The molecule has 0 aliphatic heterocycles. The molecule has 94 valence electrons. The minimum absolute atomic E-state index is 0.243. The average Bonchev–Trinajstić information content (AvgIpc) is 2.25. The van der Waals surface area contributed by atoms with Gasteiger partial charge in [0.15, 0.2) is 0 Å². The summed E-state index contributed by atoms with van der Waals surface area (Å²) in [6.45, 7) is 7.37. The van der Waals surface area contributed by atoms with Gasteiger partial charge in [-0.25, -0.2) is 0 Å². The highest BCUT2D eigenvalue weighted by Crippen LogP contribution is 2.31. The van der Waals surface area contributed by atoms with Gasteiger partial charge < -0.3 is 10.1 Å². The molecule has 0 unspecified atom stereocenters. The number of benzene rings is 1. The van der Waals surface area contributed by atoms with Crippen molar-refractivity contribution in [3.63, 3.8) is 0 Å². The highest BCUT2D eigenvalue weighted by molar-refractivity contribution is 5.27. The van der Waals surface area contributed by atoms with Crippen LogP contribution in [0.25, 0.3) is 0 Å². The fraction of sp³-hybridized carbons (Fsp3) is 0.600. The predicted octanol–water partition coefficient (Wildman–Crippen LogP) is 3.51. The fourth-order valence-electron chi connectivity index (χ4n) is 2.16. The van der Waals surface area contributed by atoms with Crippen LogP contribution in [0.5, 0.6) is 5.75 Å². The van der Waals surface area contributed by atoms with E-state index in [0.717, 1.165) is 12.3 Å². The maximum Gasteiger partial charge on any atom is 0.119 e. The zero-order valence-corrected chi connectivity index (χ0v) is 11.1. The van der Waals surface area contributed by atoms with Crippen molar-refractivity contribution in [3.8, 4) is 5.75 Å². The Morgan fingerprint density at radius 2 is 1.88 bits per heavy atom. The van der Waals surface area contributed by atoms with E-state index in [1.54, 1.807) is 0 Å². The van der Waals surface area contributed by atoms with Crippen molar-refractivity contribution in [3.05, 3.63) is 29.8 Å². The second-order valence-corrected chi connectivity index (χ2v) is 5.58. The summed E-state index contributed by atoms with van der Waals surface area (Å²) < 4.78 is 5.63. The third-order valence-corrected chi connectivity index (χ3v) is 3.47. The van der Waals surface area contributed by atoms with Crippen LogP contribution in [0.1, 0.15) is 45.6 Å². The SMILES string of the molecule is CC(C)Oc1ccc(CNC2(C)CCC2)cc1. The molecule has 1 saturated carbocycles. The van der Waals surface area contributed by atoms with Gasteiger partial charge in [-0.15, -0.1) is 0 Å². The molecule has 2 rings (SSSR count). The van der Waals surface area contributed by atoms with Gasteiger partial charge in [-0.05, 0) is 57.7 Å². The van der Waals surface area contributed by atoms with Crippen LogP contribution in [0, 0.1) is 0 Å². The Hall–Kier alpha value is -1.02. The van der Waals surface area contributed by atoms with E-state index in [1.807, 2.05) is 13.8 Å². The lowest BCUT2D eigenvalue weighted by molar-refractivity contribution is 0.206. The zero-order valence-electron chi connectivity index (χ0n) is 11.1. The van der Waals surface area contributed by atoms with E-state index in [1.165, 1.54) is 24.8 Å². The topological polar surface area (TPSA) is 21.3 Å². The van der Waals surface area contributed by atoms with Crippen LogP contribution >= 0.6 is 0 Å². The summed E-state index contributed by atoms with van der Waals surface area (Å²) in [4.78, 5) is 0. The zero-order chi connectivity index (χ0) is 12.3. The van der Waals surface area contributed by atoms with Gasteiger partial charge in [0.25, 0.3) is 0 Å². The fourth-order valence-corrected chi connectivity index (χ4v) is 2.16. The molecule has 0 amide bonds. The van der Waals surface area contributed by atoms with Gasteiger partial charge in [0.1, 0.15) is 5.75 Å². The Morgan fingerprint density at radius 1 is 1.24 bits per heavy atom. The van der Waals surface area contributed by atoms with Gasteiger partial charge in [0.2, 0.25) is 0 Å². The van der Waals surface area contributed by atoms with E-state index in [0.29, 0.717) is 5.54 Å². The molecular weight excluding hydrogens is 210 g/mol.